The maximum Gasteiger partial charge on any atom is 0.151 e. The summed E-state index contributed by atoms with van der Waals surface area (Å²) < 4.78 is 23.5. The van der Waals surface area contributed by atoms with Crippen LogP contribution in [0.1, 0.15) is 26.2 Å². The second-order valence-corrected chi connectivity index (χ2v) is 8.20. The lowest BCUT2D eigenvalue weighted by atomic mass is 9.64. The number of hydrogen-bond donors (Lipinski definition) is 3. The Hall–Kier alpha value is -0.170. The quantitative estimate of drug-likeness (QED) is 0.646. The number of aliphatic hydroxyl groups is 1. The average molecular weight is 276 g/mol. The Balaban J connectivity index is 2.25. The second kappa shape index (κ2) is 4.74. The molecule has 0 amide bonds. The van der Waals surface area contributed by atoms with Gasteiger partial charge in [-0.25, -0.2) is 8.42 Å². The molecule has 0 aliphatic carbocycles. The van der Waals surface area contributed by atoms with Crippen LogP contribution in [0.15, 0.2) is 0 Å². The van der Waals surface area contributed by atoms with E-state index in [9.17, 15) is 13.5 Å². The van der Waals surface area contributed by atoms with Crippen LogP contribution in [-0.4, -0.2) is 50.3 Å². The van der Waals surface area contributed by atoms with Crippen molar-refractivity contribution in [3.63, 3.8) is 0 Å². The standard InChI is InChI=1S/C12H24N2O3S/c1-11(15,10-3-2-5-14-7-10)12(8-13)4-6-18(16,17)9-12/h10,14-15H,2-9,13H2,1H3. The summed E-state index contributed by atoms with van der Waals surface area (Å²) in [7, 11) is -3.05. The number of nitrogens with two attached hydrogens (primary N) is 1. The van der Waals surface area contributed by atoms with Crippen molar-refractivity contribution in [3.8, 4) is 0 Å². The molecule has 2 heterocycles. The maximum absolute atomic E-state index is 11.8. The third-order valence-electron chi connectivity index (χ3n) is 4.94. The average Bonchev–Trinajstić information content (AvgIpc) is 2.68. The summed E-state index contributed by atoms with van der Waals surface area (Å²) in [6, 6.07) is 0. The highest BCUT2D eigenvalue weighted by Gasteiger charge is 2.55. The molecular formula is C12H24N2O3S. The smallest absolute Gasteiger partial charge is 0.151 e. The van der Waals surface area contributed by atoms with Crippen molar-refractivity contribution in [2.75, 3.05) is 31.1 Å². The lowest BCUT2D eigenvalue weighted by molar-refractivity contribution is -0.103. The van der Waals surface area contributed by atoms with E-state index < -0.39 is 20.9 Å². The minimum Gasteiger partial charge on any atom is -0.389 e. The molecule has 2 aliphatic heterocycles. The first-order valence-electron chi connectivity index (χ1n) is 6.67. The van der Waals surface area contributed by atoms with Gasteiger partial charge < -0.3 is 16.2 Å². The first-order valence-corrected chi connectivity index (χ1v) is 8.49. The molecule has 0 aromatic rings. The van der Waals surface area contributed by atoms with Crippen molar-refractivity contribution in [3.05, 3.63) is 0 Å². The topological polar surface area (TPSA) is 92.4 Å². The summed E-state index contributed by atoms with van der Waals surface area (Å²) in [5.74, 6) is 0.267. The zero-order chi connectivity index (χ0) is 13.4. The Kier molecular flexibility index (Phi) is 3.75. The largest absolute Gasteiger partial charge is 0.389 e. The summed E-state index contributed by atoms with van der Waals surface area (Å²) in [6.45, 7) is 3.73. The highest BCUT2D eigenvalue weighted by Crippen LogP contribution is 2.46. The summed E-state index contributed by atoms with van der Waals surface area (Å²) in [6.07, 6.45) is 2.44. The van der Waals surface area contributed by atoms with Crippen molar-refractivity contribution in [2.24, 2.45) is 17.1 Å². The Morgan fingerprint density at radius 2 is 2.28 bits per heavy atom. The second-order valence-electron chi connectivity index (χ2n) is 6.02. The fourth-order valence-corrected chi connectivity index (χ4v) is 5.69. The Morgan fingerprint density at radius 3 is 2.72 bits per heavy atom. The number of nitrogens with one attached hydrogen (secondary N) is 1. The van der Waals surface area contributed by atoms with Gasteiger partial charge in [-0.2, -0.15) is 0 Å². The van der Waals surface area contributed by atoms with Gasteiger partial charge in [-0.3, -0.25) is 0 Å². The van der Waals surface area contributed by atoms with E-state index in [-0.39, 0.29) is 24.0 Å². The van der Waals surface area contributed by atoms with E-state index in [2.05, 4.69) is 5.32 Å². The molecule has 0 radical (unpaired) electrons. The summed E-state index contributed by atoms with van der Waals surface area (Å²) in [4.78, 5) is 0. The molecule has 0 spiro atoms. The molecular weight excluding hydrogens is 252 g/mol. The first kappa shape index (κ1) is 14.2. The molecule has 0 saturated carbocycles. The third kappa shape index (κ3) is 2.31. The minimum absolute atomic E-state index is 0.0278. The molecule has 0 aromatic heterocycles. The molecule has 6 heteroatoms. The van der Waals surface area contributed by atoms with Crippen molar-refractivity contribution < 1.29 is 13.5 Å². The van der Waals surface area contributed by atoms with Gasteiger partial charge in [0.1, 0.15) is 0 Å². The zero-order valence-corrected chi connectivity index (χ0v) is 11.8. The van der Waals surface area contributed by atoms with Crippen molar-refractivity contribution >= 4 is 9.84 Å². The number of sulfone groups is 1. The fourth-order valence-electron chi connectivity index (χ4n) is 3.45. The number of piperidine rings is 1. The maximum atomic E-state index is 11.8. The van der Waals surface area contributed by atoms with Gasteiger partial charge >= 0.3 is 0 Å². The minimum atomic E-state index is -3.05. The molecule has 106 valence electrons. The van der Waals surface area contributed by atoms with Crippen LogP contribution in [0.3, 0.4) is 0 Å². The molecule has 0 aromatic carbocycles. The molecule has 3 atom stereocenters. The van der Waals surface area contributed by atoms with Crippen LogP contribution in [0.25, 0.3) is 0 Å². The van der Waals surface area contributed by atoms with Gasteiger partial charge in [0.05, 0.1) is 17.1 Å². The van der Waals surface area contributed by atoms with Gasteiger partial charge in [0.25, 0.3) is 0 Å². The van der Waals surface area contributed by atoms with Gasteiger partial charge in [-0.15, -0.1) is 0 Å². The molecule has 2 aliphatic rings. The highest BCUT2D eigenvalue weighted by molar-refractivity contribution is 7.91. The summed E-state index contributed by atoms with van der Waals surface area (Å²) in [5.41, 5.74) is 4.15. The molecule has 2 rings (SSSR count). The molecule has 2 saturated heterocycles. The molecule has 4 N–H and O–H groups in total. The predicted octanol–water partition coefficient (Wildman–Crippen LogP) is -0.499. The van der Waals surface area contributed by atoms with E-state index in [0.717, 1.165) is 25.9 Å². The van der Waals surface area contributed by atoms with Crippen LogP contribution in [-0.2, 0) is 9.84 Å². The molecule has 5 nitrogen and oxygen atoms in total. The van der Waals surface area contributed by atoms with Gasteiger partial charge in [0.15, 0.2) is 9.84 Å². The Morgan fingerprint density at radius 1 is 1.56 bits per heavy atom. The zero-order valence-electron chi connectivity index (χ0n) is 11.0. The van der Waals surface area contributed by atoms with Crippen LogP contribution in [0.4, 0.5) is 0 Å². The van der Waals surface area contributed by atoms with E-state index in [4.69, 9.17) is 5.73 Å². The summed E-state index contributed by atoms with van der Waals surface area (Å²) >= 11 is 0. The van der Waals surface area contributed by atoms with E-state index in [1.807, 2.05) is 0 Å². The lowest BCUT2D eigenvalue weighted by Crippen LogP contribution is -2.58. The Bertz CT molecular complexity index is 402. The van der Waals surface area contributed by atoms with E-state index >= 15 is 0 Å². The van der Waals surface area contributed by atoms with E-state index in [1.165, 1.54) is 0 Å². The van der Waals surface area contributed by atoms with Gasteiger partial charge in [0.2, 0.25) is 0 Å². The van der Waals surface area contributed by atoms with Crippen LogP contribution in [0, 0.1) is 11.3 Å². The van der Waals surface area contributed by atoms with Crippen LogP contribution >= 0.6 is 0 Å². The Labute approximate surface area is 109 Å². The van der Waals surface area contributed by atoms with Crippen LogP contribution in [0.2, 0.25) is 0 Å². The number of rotatable bonds is 3. The van der Waals surface area contributed by atoms with Gasteiger partial charge in [-0.05, 0) is 32.7 Å². The highest BCUT2D eigenvalue weighted by atomic mass is 32.2. The molecule has 3 unspecified atom stereocenters. The van der Waals surface area contributed by atoms with Crippen LogP contribution in [0.5, 0.6) is 0 Å². The molecule has 18 heavy (non-hydrogen) atoms. The van der Waals surface area contributed by atoms with E-state index in [0.29, 0.717) is 6.42 Å². The van der Waals surface area contributed by atoms with Crippen molar-refractivity contribution in [2.45, 2.75) is 31.8 Å². The molecule has 0 bridgehead atoms. The lowest BCUT2D eigenvalue weighted by Gasteiger charge is -2.47. The molecule has 2 fully saturated rings. The van der Waals surface area contributed by atoms with Gasteiger partial charge in [-0.1, -0.05) is 0 Å². The van der Waals surface area contributed by atoms with Gasteiger partial charge in [0, 0.05) is 24.4 Å². The summed E-state index contributed by atoms with van der Waals surface area (Å²) in [5, 5.41) is 14.2. The fraction of sp³-hybridized carbons (Fsp3) is 1.00. The number of hydrogen-bond acceptors (Lipinski definition) is 5. The monoisotopic (exact) mass is 276 g/mol. The third-order valence-corrected chi connectivity index (χ3v) is 6.76. The van der Waals surface area contributed by atoms with Crippen molar-refractivity contribution in [1.29, 1.82) is 0 Å². The van der Waals surface area contributed by atoms with Crippen LogP contribution < -0.4 is 11.1 Å². The normalized spacial score (nSPS) is 39.4. The predicted molar refractivity (Wildman–Crippen MR) is 71.0 cm³/mol. The van der Waals surface area contributed by atoms with E-state index in [1.54, 1.807) is 6.92 Å². The van der Waals surface area contributed by atoms with Crippen molar-refractivity contribution in [1.82, 2.24) is 5.32 Å². The first-order chi connectivity index (χ1) is 8.33. The SMILES string of the molecule is CC(O)(C1CCCNC1)C1(CN)CCS(=O)(=O)C1.